The van der Waals surface area contributed by atoms with E-state index in [0.717, 1.165) is 16.2 Å². The third-order valence-corrected chi connectivity index (χ3v) is 5.74. The molecular weight excluding hydrogens is 446 g/mol. The Morgan fingerprint density at radius 1 is 1.09 bits per heavy atom. The van der Waals surface area contributed by atoms with Gasteiger partial charge >= 0.3 is 5.97 Å². The highest BCUT2D eigenvalue weighted by Gasteiger charge is 2.17. The fourth-order valence-corrected chi connectivity index (χ4v) is 4.18. The smallest absolute Gasteiger partial charge is 0.323 e. The second kappa shape index (κ2) is 8.72. The summed E-state index contributed by atoms with van der Waals surface area (Å²) in [5.74, 6) is -1.20. The van der Waals surface area contributed by atoms with Gasteiger partial charge in [-0.25, -0.2) is 0 Å². The van der Waals surface area contributed by atoms with E-state index in [0.29, 0.717) is 33.7 Å². The van der Waals surface area contributed by atoms with E-state index in [2.05, 4.69) is 5.32 Å². The van der Waals surface area contributed by atoms with E-state index in [1.54, 1.807) is 35.0 Å². The second-order valence-electron chi connectivity index (χ2n) is 7.89. The lowest BCUT2D eigenvalue weighted by Crippen LogP contribution is -2.14. The molecule has 5 rings (SSSR count). The normalized spacial score (nSPS) is 11.6. The molecule has 0 radical (unpaired) electrons. The van der Waals surface area contributed by atoms with Gasteiger partial charge in [0.2, 0.25) is 0 Å². The number of hydrogen-bond donors (Lipinski definition) is 2. The molecule has 0 fully saturated rings. The van der Waals surface area contributed by atoms with Crippen LogP contribution in [0.25, 0.3) is 38.9 Å². The molecule has 0 bridgehead atoms. The number of ether oxygens (including phenoxy) is 1. The molecule has 0 aliphatic carbocycles. The molecule has 0 spiro atoms. The van der Waals surface area contributed by atoms with Crippen molar-refractivity contribution >= 4 is 56.5 Å². The number of methoxy groups -OCH3 is 1. The summed E-state index contributed by atoms with van der Waals surface area (Å²) in [6.07, 6.45) is 3.06. The molecule has 2 N–H and O–H groups in total. The first-order valence-electron chi connectivity index (χ1n) is 10.7. The molecule has 35 heavy (non-hydrogen) atoms. The largest absolute Gasteiger partial charge is 0.495 e. The summed E-state index contributed by atoms with van der Waals surface area (Å²) in [6, 6.07) is 20.2. The molecule has 0 saturated carbocycles. The number of nitriles is 1. The lowest BCUT2D eigenvalue weighted by Gasteiger charge is -2.10. The minimum absolute atomic E-state index is 0.144. The van der Waals surface area contributed by atoms with E-state index in [9.17, 15) is 20.0 Å². The maximum Gasteiger partial charge on any atom is 0.323 e. The van der Waals surface area contributed by atoms with Crippen LogP contribution >= 0.6 is 0 Å². The summed E-state index contributed by atoms with van der Waals surface area (Å²) in [7, 11) is 1.50. The number of aromatic nitrogens is 1. The first-order chi connectivity index (χ1) is 17.0. The van der Waals surface area contributed by atoms with Crippen molar-refractivity contribution in [3.8, 4) is 11.8 Å². The third kappa shape index (κ3) is 3.96. The molecule has 2 heterocycles. The number of furan rings is 1. The monoisotopic (exact) mass is 465 g/mol. The predicted molar refractivity (Wildman–Crippen MR) is 132 cm³/mol. The molecule has 2 aromatic heterocycles. The Labute approximate surface area is 199 Å². The number of rotatable bonds is 6. The molecule has 8 heteroatoms. The van der Waals surface area contributed by atoms with E-state index in [-0.39, 0.29) is 12.1 Å². The molecule has 0 aliphatic rings. The number of hydrogen-bond acceptors (Lipinski definition) is 5. The van der Waals surface area contributed by atoms with Gasteiger partial charge in [-0.3, -0.25) is 9.59 Å². The number of amides is 1. The predicted octanol–water partition coefficient (Wildman–Crippen LogP) is 5.18. The first-order valence-corrected chi connectivity index (χ1v) is 10.7. The summed E-state index contributed by atoms with van der Waals surface area (Å²) >= 11 is 0. The van der Waals surface area contributed by atoms with Crippen molar-refractivity contribution in [1.29, 1.82) is 5.26 Å². The summed E-state index contributed by atoms with van der Waals surface area (Å²) in [5.41, 5.74) is 2.75. The molecule has 1 amide bonds. The number of fused-ring (bicyclic) bond motifs is 4. The third-order valence-electron chi connectivity index (χ3n) is 5.74. The maximum absolute atomic E-state index is 13.1. The average Bonchev–Trinajstić information content (AvgIpc) is 3.39. The van der Waals surface area contributed by atoms with Crippen LogP contribution in [-0.4, -0.2) is 28.7 Å². The molecule has 0 aliphatic heterocycles. The van der Waals surface area contributed by atoms with Gasteiger partial charge < -0.3 is 24.1 Å². The van der Waals surface area contributed by atoms with Gasteiger partial charge in [0.1, 0.15) is 35.1 Å². The minimum Gasteiger partial charge on any atom is -0.495 e. The van der Waals surface area contributed by atoms with Crippen LogP contribution in [0.15, 0.2) is 76.9 Å². The zero-order chi connectivity index (χ0) is 24.5. The lowest BCUT2D eigenvalue weighted by atomic mass is 10.1. The number of para-hydroxylation sites is 2. The first kappa shape index (κ1) is 21.8. The van der Waals surface area contributed by atoms with Crippen molar-refractivity contribution in [2.75, 3.05) is 12.4 Å². The number of carbonyl (C=O) groups is 2. The van der Waals surface area contributed by atoms with Crippen LogP contribution in [-0.2, 0) is 16.1 Å². The quantitative estimate of drug-likeness (QED) is 0.264. The zero-order valence-corrected chi connectivity index (χ0v) is 18.6. The number of benzene rings is 3. The molecule has 5 aromatic rings. The SMILES string of the molecule is COc1cc2c(cc1NC(=O)/C(C#N)=C/c1cn(CC(=O)O)c3ccccc13)oc1ccccc12. The number of carboxylic acids is 1. The van der Waals surface area contributed by atoms with Crippen molar-refractivity contribution in [3.63, 3.8) is 0 Å². The van der Waals surface area contributed by atoms with E-state index in [4.69, 9.17) is 9.15 Å². The van der Waals surface area contributed by atoms with Crippen molar-refractivity contribution in [2.24, 2.45) is 0 Å². The van der Waals surface area contributed by atoms with Gasteiger partial charge in [0.25, 0.3) is 5.91 Å². The van der Waals surface area contributed by atoms with Gasteiger partial charge in [-0.05, 0) is 24.3 Å². The zero-order valence-electron chi connectivity index (χ0n) is 18.6. The van der Waals surface area contributed by atoms with E-state index in [1.165, 1.54) is 13.2 Å². The van der Waals surface area contributed by atoms with Crippen LogP contribution in [0.4, 0.5) is 5.69 Å². The summed E-state index contributed by atoms with van der Waals surface area (Å²) in [5, 5.41) is 24.2. The van der Waals surface area contributed by atoms with Gasteiger partial charge in [0.05, 0.1) is 12.8 Å². The highest BCUT2D eigenvalue weighted by molar-refractivity contribution is 6.13. The van der Waals surface area contributed by atoms with E-state index in [1.807, 2.05) is 42.5 Å². The number of anilines is 1. The highest BCUT2D eigenvalue weighted by atomic mass is 16.5. The molecule has 0 saturated heterocycles. The highest BCUT2D eigenvalue weighted by Crippen LogP contribution is 2.36. The van der Waals surface area contributed by atoms with Crippen molar-refractivity contribution < 1.29 is 23.8 Å². The number of carboxylic acid groups (broad SMARTS) is 1. The Morgan fingerprint density at radius 3 is 2.57 bits per heavy atom. The maximum atomic E-state index is 13.1. The molecule has 0 unspecified atom stereocenters. The Kier molecular flexibility index (Phi) is 5.43. The Balaban J connectivity index is 1.52. The Hall–Kier alpha value is -5.03. The van der Waals surface area contributed by atoms with Gasteiger partial charge in [-0.15, -0.1) is 0 Å². The van der Waals surface area contributed by atoms with Crippen LogP contribution in [0.2, 0.25) is 0 Å². The lowest BCUT2D eigenvalue weighted by molar-refractivity contribution is -0.137. The average molecular weight is 465 g/mol. The minimum atomic E-state index is -0.993. The number of aliphatic carboxylic acids is 1. The number of nitrogens with zero attached hydrogens (tertiary/aromatic N) is 2. The van der Waals surface area contributed by atoms with Gasteiger partial charge in [-0.1, -0.05) is 36.4 Å². The van der Waals surface area contributed by atoms with Gasteiger partial charge in [-0.2, -0.15) is 5.26 Å². The van der Waals surface area contributed by atoms with Crippen molar-refractivity contribution in [3.05, 3.63) is 78.0 Å². The number of nitrogens with one attached hydrogen (secondary N) is 1. The van der Waals surface area contributed by atoms with E-state index >= 15 is 0 Å². The van der Waals surface area contributed by atoms with Crippen LogP contribution in [0, 0.1) is 11.3 Å². The standard InChI is InChI=1S/C27H19N3O5/c1-34-25-11-20-19-7-3-5-9-23(19)35-24(20)12-21(25)29-27(33)16(13-28)10-17-14-30(15-26(31)32)22-8-4-2-6-18(17)22/h2-12,14H,15H2,1H3,(H,29,33)(H,31,32)/b16-10+. The Bertz CT molecular complexity index is 1700. The Morgan fingerprint density at radius 2 is 1.83 bits per heavy atom. The summed E-state index contributed by atoms with van der Waals surface area (Å²) in [6.45, 7) is -0.239. The fraction of sp³-hybridized carbons (Fsp3) is 0.0741. The topological polar surface area (TPSA) is 117 Å². The molecule has 0 atom stereocenters. The van der Waals surface area contributed by atoms with Gasteiger partial charge in [0, 0.05) is 39.5 Å². The fourth-order valence-electron chi connectivity index (χ4n) is 4.18. The molecule has 172 valence electrons. The van der Waals surface area contributed by atoms with Crippen LogP contribution in [0.5, 0.6) is 5.75 Å². The molecule has 8 nitrogen and oxygen atoms in total. The van der Waals surface area contributed by atoms with Crippen molar-refractivity contribution in [1.82, 2.24) is 4.57 Å². The van der Waals surface area contributed by atoms with Crippen molar-refractivity contribution in [2.45, 2.75) is 6.54 Å². The van der Waals surface area contributed by atoms with Crippen LogP contribution < -0.4 is 10.1 Å². The summed E-state index contributed by atoms with van der Waals surface area (Å²) in [4.78, 5) is 24.3. The molecular formula is C27H19N3O5. The molecule has 3 aromatic carbocycles. The van der Waals surface area contributed by atoms with Crippen LogP contribution in [0.3, 0.4) is 0 Å². The second-order valence-corrected chi connectivity index (χ2v) is 7.89. The van der Waals surface area contributed by atoms with Crippen LogP contribution in [0.1, 0.15) is 5.56 Å². The van der Waals surface area contributed by atoms with Gasteiger partial charge in [0.15, 0.2) is 0 Å². The van der Waals surface area contributed by atoms with E-state index < -0.39 is 11.9 Å². The number of carbonyl (C=O) groups excluding carboxylic acids is 1. The summed E-state index contributed by atoms with van der Waals surface area (Å²) < 4.78 is 13.0.